The van der Waals surface area contributed by atoms with Crippen LogP contribution in [-0.4, -0.2) is 31.6 Å². The van der Waals surface area contributed by atoms with Gasteiger partial charge in [-0.3, -0.25) is 0 Å². The lowest BCUT2D eigenvalue weighted by Gasteiger charge is -2.20. The molecule has 6 nitrogen and oxygen atoms in total. The van der Waals surface area contributed by atoms with E-state index in [0.717, 1.165) is 23.3 Å². The van der Waals surface area contributed by atoms with Gasteiger partial charge in [0.2, 0.25) is 6.79 Å². The topological polar surface area (TPSA) is 74.2 Å². The van der Waals surface area contributed by atoms with E-state index in [1.165, 1.54) is 0 Å². The number of rotatable bonds is 7. The second-order valence-electron chi connectivity index (χ2n) is 5.66. The summed E-state index contributed by atoms with van der Waals surface area (Å²) >= 11 is 0. The van der Waals surface area contributed by atoms with Gasteiger partial charge in [-0.2, -0.15) is 0 Å². The van der Waals surface area contributed by atoms with Crippen molar-refractivity contribution >= 4 is 5.97 Å². The van der Waals surface area contributed by atoms with Crippen LogP contribution in [0.2, 0.25) is 0 Å². The molecule has 0 aliphatic carbocycles. The highest BCUT2D eigenvalue weighted by molar-refractivity contribution is 5.68. The lowest BCUT2D eigenvalue weighted by Crippen LogP contribution is -2.12. The van der Waals surface area contributed by atoms with Gasteiger partial charge in [-0.25, -0.2) is 4.79 Å². The molecule has 0 radical (unpaired) electrons. The zero-order chi connectivity index (χ0) is 17.8. The fourth-order valence-electron chi connectivity index (χ4n) is 2.95. The Morgan fingerprint density at radius 1 is 1.20 bits per heavy atom. The molecule has 6 heteroatoms. The minimum absolute atomic E-state index is 0.0317. The zero-order valence-corrected chi connectivity index (χ0v) is 14.2. The van der Waals surface area contributed by atoms with E-state index in [4.69, 9.17) is 24.1 Å². The molecule has 0 bridgehead atoms. The molecule has 0 spiro atoms. The first-order valence-electron chi connectivity index (χ1n) is 8.04. The number of hydrogen-bond donors (Lipinski definition) is 1. The largest absolute Gasteiger partial charge is 0.497 e. The highest BCUT2D eigenvalue weighted by Crippen LogP contribution is 2.43. The Kier molecular flexibility index (Phi) is 4.97. The van der Waals surface area contributed by atoms with Gasteiger partial charge in [0.15, 0.2) is 18.1 Å². The van der Waals surface area contributed by atoms with Crippen LogP contribution < -0.4 is 18.9 Å². The van der Waals surface area contributed by atoms with Crippen molar-refractivity contribution in [3.63, 3.8) is 0 Å². The van der Waals surface area contributed by atoms with Gasteiger partial charge in [0.25, 0.3) is 0 Å². The van der Waals surface area contributed by atoms with Gasteiger partial charge in [0.1, 0.15) is 11.5 Å². The number of methoxy groups -OCH3 is 1. The summed E-state index contributed by atoms with van der Waals surface area (Å²) in [7, 11) is 1.63. The number of aliphatic carboxylic acids is 1. The summed E-state index contributed by atoms with van der Waals surface area (Å²) in [5.41, 5.74) is 1.96. The molecule has 1 heterocycles. The van der Waals surface area contributed by atoms with Crippen molar-refractivity contribution in [2.24, 2.45) is 0 Å². The van der Waals surface area contributed by atoms with Crippen molar-refractivity contribution in [2.45, 2.75) is 19.3 Å². The summed E-state index contributed by atoms with van der Waals surface area (Å²) in [6.45, 7) is 1.81. The Bertz CT molecular complexity index is 753. The van der Waals surface area contributed by atoms with Gasteiger partial charge in [-0.15, -0.1) is 0 Å². The van der Waals surface area contributed by atoms with E-state index in [1.807, 2.05) is 30.3 Å². The molecular weight excluding hydrogens is 324 g/mol. The Hall–Kier alpha value is -2.89. The predicted octanol–water partition coefficient (Wildman–Crippen LogP) is 3.43. The Labute approximate surface area is 145 Å². The van der Waals surface area contributed by atoms with Crippen LogP contribution in [0, 0.1) is 0 Å². The van der Waals surface area contributed by atoms with Crippen LogP contribution in [0.3, 0.4) is 0 Å². The van der Waals surface area contributed by atoms with Crippen molar-refractivity contribution < 1.29 is 28.8 Å². The van der Waals surface area contributed by atoms with Crippen LogP contribution in [-0.2, 0) is 4.79 Å². The van der Waals surface area contributed by atoms with Crippen LogP contribution >= 0.6 is 0 Å². The molecule has 25 heavy (non-hydrogen) atoms. The van der Waals surface area contributed by atoms with Gasteiger partial charge < -0.3 is 24.1 Å². The molecule has 3 rings (SSSR count). The number of benzene rings is 2. The van der Waals surface area contributed by atoms with E-state index in [1.54, 1.807) is 13.2 Å². The maximum Gasteiger partial charge on any atom is 0.341 e. The third-order valence-corrected chi connectivity index (χ3v) is 4.16. The Morgan fingerprint density at radius 2 is 1.88 bits per heavy atom. The molecule has 132 valence electrons. The molecule has 0 saturated carbocycles. The fourth-order valence-corrected chi connectivity index (χ4v) is 2.95. The van der Waals surface area contributed by atoms with Gasteiger partial charge in [0, 0.05) is 17.5 Å². The van der Waals surface area contributed by atoms with E-state index >= 15 is 0 Å². The van der Waals surface area contributed by atoms with E-state index < -0.39 is 12.6 Å². The minimum Gasteiger partial charge on any atom is -0.497 e. The maximum absolute atomic E-state index is 10.9. The van der Waals surface area contributed by atoms with Crippen molar-refractivity contribution in [3.05, 3.63) is 47.5 Å². The highest BCUT2D eigenvalue weighted by Gasteiger charge is 2.24. The molecular formula is C19H20O6. The van der Waals surface area contributed by atoms with E-state index in [-0.39, 0.29) is 12.7 Å². The van der Waals surface area contributed by atoms with Crippen LogP contribution in [0.1, 0.15) is 30.4 Å². The van der Waals surface area contributed by atoms with Crippen LogP contribution in [0.4, 0.5) is 0 Å². The van der Waals surface area contributed by atoms with Gasteiger partial charge in [0.05, 0.1) is 7.11 Å². The number of carboxylic acids is 1. The Balaban J connectivity index is 2.00. The molecule has 1 aliphatic rings. The number of carboxylic acid groups (broad SMARTS) is 1. The van der Waals surface area contributed by atoms with Crippen molar-refractivity contribution in [3.8, 4) is 23.0 Å². The summed E-state index contributed by atoms with van der Waals surface area (Å²) in [6, 6.07) is 11.4. The monoisotopic (exact) mass is 344 g/mol. The van der Waals surface area contributed by atoms with E-state index in [2.05, 4.69) is 6.92 Å². The van der Waals surface area contributed by atoms with Crippen molar-refractivity contribution in [1.82, 2.24) is 0 Å². The number of fused-ring (bicyclic) bond motifs is 1. The quantitative estimate of drug-likeness (QED) is 0.829. The number of ether oxygens (including phenoxy) is 4. The zero-order valence-electron chi connectivity index (χ0n) is 14.2. The lowest BCUT2D eigenvalue weighted by atomic mass is 9.88. The molecule has 2 aromatic carbocycles. The summed E-state index contributed by atoms with van der Waals surface area (Å²) < 4.78 is 21.6. The first kappa shape index (κ1) is 17.0. The first-order chi connectivity index (χ1) is 12.1. The second-order valence-corrected chi connectivity index (χ2v) is 5.66. The third kappa shape index (κ3) is 3.63. The average Bonchev–Trinajstić information content (AvgIpc) is 3.08. The number of carbonyl (C=O) groups is 1. The third-order valence-electron chi connectivity index (χ3n) is 4.16. The lowest BCUT2D eigenvalue weighted by molar-refractivity contribution is -0.139. The molecule has 1 atom stereocenters. The molecule has 0 aromatic heterocycles. The normalized spacial score (nSPS) is 13.4. The first-order valence-corrected chi connectivity index (χ1v) is 8.04. The summed E-state index contributed by atoms with van der Waals surface area (Å²) in [5, 5.41) is 8.93. The standard InChI is InChI=1S/C19H20O6/c1-3-14(12-4-6-13(22-2)7-5-12)15-8-17-18(25-11-24-17)9-16(15)23-10-19(20)21/h4-9,14H,3,10-11H2,1-2H3,(H,20,21). The van der Waals surface area contributed by atoms with Gasteiger partial charge >= 0.3 is 5.97 Å². The van der Waals surface area contributed by atoms with E-state index in [9.17, 15) is 4.79 Å². The summed E-state index contributed by atoms with van der Waals surface area (Å²) in [6.07, 6.45) is 0.815. The molecule has 0 fully saturated rings. The van der Waals surface area contributed by atoms with Gasteiger partial charge in [-0.05, 0) is 30.2 Å². The maximum atomic E-state index is 10.9. The Morgan fingerprint density at radius 3 is 2.48 bits per heavy atom. The van der Waals surface area contributed by atoms with Crippen molar-refractivity contribution in [2.75, 3.05) is 20.5 Å². The number of hydrogen-bond acceptors (Lipinski definition) is 5. The molecule has 0 saturated heterocycles. The van der Waals surface area contributed by atoms with E-state index in [0.29, 0.717) is 17.2 Å². The summed E-state index contributed by atoms with van der Waals surface area (Å²) in [5.74, 6) is 1.49. The average molecular weight is 344 g/mol. The summed E-state index contributed by atoms with van der Waals surface area (Å²) in [4.78, 5) is 10.9. The smallest absolute Gasteiger partial charge is 0.341 e. The second kappa shape index (κ2) is 7.34. The van der Waals surface area contributed by atoms with Crippen LogP contribution in [0.25, 0.3) is 0 Å². The molecule has 0 amide bonds. The molecule has 2 aromatic rings. The van der Waals surface area contributed by atoms with Crippen molar-refractivity contribution in [1.29, 1.82) is 0 Å². The van der Waals surface area contributed by atoms with Crippen LogP contribution in [0.5, 0.6) is 23.0 Å². The van der Waals surface area contributed by atoms with Crippen LogP contribution in [0.15, 0.2) is 36.4 Å². The molecule has 1 unspecified atom stereocenters. The minimum atomic E-state index is -1.03. The molecule has 1 N–H and O–H groups in total. The predicted molar refractivity (Wildman–Crippen MR) is 90.8 cm³/mol. The molecule has 1 aliphatic heterocycles. The van der Waals surface area contributed by atoms with Gasteiger partial charge in [-0.1, -0.05) is 19.1 Å². The highest BCUT2D eigenvalue weighted by atomic mass is 16.7. The SMILES string of the molecule is CCC(c1ccc(OC)cc1)c1cc2c(cc1OCC(=O)O)OCO2. The fraction of sp³-hybridized carbons (Fsp3) is 0.316.